The largest absolute Gasteiger partial charge is 0.352 e. The molecule has 1 fully saturated rings. The maximum absolute atomic E-state index is 12.9. The molecule has 0 radical (unpaired) electrons. The highest BCUT2D eigenvalue weighted by atomic mass is 32.1. The lowest BCUT2D eigenvalue weighted by Crippen LogP contribution is -2.44. The van der Waals surface area contributed by atoms with Crippen LogP contribution in [0.3, 0.4) is 0 Å². The zero-order valence-electron chi connectivity index (χ0n) is 15.4. The molecular formula is C22H26N2OS. The summed E-state index contributed by atoms with van der Waals surface area (Å²) in [6.45, 7) is 4.95. The van der Waals surface area contributed by atoms with Crippen molar-refractivity contribution < 1.29 is 4.79 Å². The number of rotatable bonds is 4. The Hall–Kier alpha value is -2.07. The first-order valence-electron chi connectivity index (χ1n) is 9.55. The van der Waals surface area contributed by atoms with E-state index < -0.39 is 0 Å². The number of carbonyl (C=O) groups is 1. The van der Waals surface area contributed by atoms with Crippen molar-refractivity contribution in [1.82, 2.24) is 9.88 Å². The molecule has 4 rings (SSSR count). The van der Waals surface area contributed by atoms with Crippen LogP contribution in [-0.2, 0) is 11.3 Å². The van der Waals surface area contributed by atoms with Crippen molar-refractivity contribution >= 4 is 28.1 Å². The van der Waals surface area contributed by atoms with E-state index in [1.807, 2.05) is 6.07 Å². The first kappa shape index (κ1) is 17.3. The summed E-state index contributed by atoms with van der Waals surface area (Å²) in [7, 11) is 0. The van der Waals surface area contributed by atoms with Crippen LogP contribution in [0.4, 0.5) is 0 Å². The Balaban J connectivity index is 1.60. The fourth-order valence-electron chi connectivity index (χ4n) is 4.19. The fraction of sp³-hybridized carbons (Fsp3) is 0.409. The minimum Gasteiger partial charge on any atom is -0.352 e. The van der Waals surface area contributed by atoms with Crippen LogP contribution in [0.15, 0.2) is 47.8 Å². The second-order valence-electron chi connectivity index (χ2n) is 7.59. The van der Waals surface area contributed by atoms with E-state index in [0.717, 1.165) is 17.6 Å². The number of carbonyl (C=O) groups excluding carboxylic acids is 1. The monoisotopic (exact) mass is 366 g/mol. The van der Waals surface area contributed by atoms with Crippen molar-refractivity contribution in [2.24, 2.45) is 11.8 Å². The Morgan fingerprint density at radius 3 is 2.85 bits per heavy atom. The van der Waals surface area contributed by atoms with Gasteiger partial charge in [0.25, 0.3) is 0 Å². The Labute approximate surface area is 159 Å². The zero-order valence-corrected chi connectivity index (χ0v) is 16.3. The van der Waals surface area contributed by atoms with Gasteiger partial charge in [0.2, 0.25) is 5.91 Å². The summed E-state index contributed by atoms with van der Waals surface area (Å²) in [5.41, 5.74) is 2.25. The highest BCUT2D eigenvalue weighted by Gasteiger charge is 2.28. The van der Waals surface area contributed by atoms with Crippen LogP contribution < -0.4 is 5.32 Å². The summed E-state index contributed by atoms with van der Waals surface area (Å²) in [4.78, 5) is 14.1. The number of hydrogen-bond donors (Lipinski definition) is 1. The molecule has 0 aliphatic heterocycles. The average Bonchev–Trinajstić information content (AvgIpc) is 3.27. The van der Waals surface area contributed by atoms with E-state index in [9.17, 15) is 4.79 Å². The molecular weight excluding hydrogens is 340 g/mol. The minimum absolute atomic E-state index is 0.120. The van der Waals surface area contributed by atoms with Gasteiger partial charge in [0.05, 0.1) is 10.6 Å². The van der Waals surface area contributed by atoms with Crippen molar-refractivity contribution in [3.05, 3.63) is 47.8 Å². The Kier molecular flexibility index (Phi) is 4.86. The number of nitrogens with zero attached hydrogens (tertiary/aromatic N) is 1. The molecule has 2 aromatic heterocycles. The van der Waals surface area contributed by atoms with Gasteiger partial charge in [-0.25, -0.2) is 0 Å². The van der Waals surface area contributed by atoms with Gasteiger partial charge in [-0.05, 0) is 41.8 Å². The molecule has 1 N–H and O–H groups in total. The Bertz CT molecular complexity index is 896. The average molecular weight is 367 g/mol. The van der Waals surface area contributed by atoms with Gasteiger partial charge >= 0.3 is 0 Å². The van der Waals surface area contributed by atoms with Crippen LogP contribution in [0, 0.1) is 11.8 Å². The number of nitrogens with one attached hydrogen (secondary N) is 1. The van der Waals surface area contributed by atoms with Crippen LogP contribution in [0.5, 0.6) is 0 Å². The molecule has 1 amide bonds. The number of fused-ring (bicyclic) bond motifs is 1. The molecule has 3 nitrogen and oxygen atoms in total. The van der Waals surface area contributed by atoms with E-state index in [4.69, 9.17) is 0 Å². The molecule has 4 heteroatoms. The fourth-order valence-corrected chi connectivity index (χ4v) is 4.94. The summed E-state index contributed by atoms with van der Waals surface area (Å²) in [6.07, 6.45) is 3.59. The highest BCUT2D eigenvalue weighted by Crippen LogP contribution is 2.32. The van der Waals surface area contributed by atoms with Crippen LogP contribution in [0.2, 0.25) is 0 Å². The van der Waals surface area contributed by atoms with Crippen molar-refractivity contribution in [2.75, 3.05) is 0 Å². The van der Waals surface area contributed by atoms with E-state index in [1.54, 1.807) is 11.3 Å². The topological polar surface area (TPSA) is 34.0 Å². The summed E-state index contributed by atoms with van der Waals surface area (Å²) in [5.74, 6) is 1.35. The van der Waals surface area contributed by atoms with E-state index in [0.29, 0.717) is 24.4 Å². The zero-order chi connectivity index (χ0) is 18.1. The molecule has 0 bridgehead atoms. The quantitative estimate of drug-likeness (QED) is 0.667. The van der Waals surface area contributed by atoms with E-state index in [1.165, 1.54) is 23.1 Å². The third-order valence-corrected chi connectivity index (χ3v) is 6.83. The smallest absolute Gasteiger partial charge is 0.240 e. The lowest BCUT2D eigenvalue weighted by molar-refractivity contribution is -0.123. The number of thiophene rings is 1. The molecule has 136 valence electrons. The summed E-state index contributed by atoms with van der Waals surface area (Å²) in [5, 5.41) is 6.59. The van der Waals surface area contributed by atoms with Crippen molar-refractivity contribution in [3.63, 3.8) is 0 Å². The highest BCUT2D eigenvalue weighted by molar-refractivity contribution is 7.13. The number of amides is 1. The van der Waals surface area contributed by atoms with E-state index >= 15 is 0 Å². The predicted octanol–water partition coefficient (Wildman–Crippen LogP) is 5.31. The SMILES string of the molecule is C[C@H]1[C@H](C)CCC[C@H]1NC(=O)Cn1c(-c2cccs2)cc2ccccc21. The van der Waals surface area contributed by atoms with Gasteiger partial charge in [0.1, 0.15) is 6.54 Å². The number of hydrogen-bond acceptors (Lipinski definition) is 2. The molecule has 0 spiro atoms. The van der Waals surface area contributed by atoms with E-state index in [2.05, 4.69) is 65.5 Å². The van der Waals surface area contributed by atoms with Crippen molar-refractivity contribution in [2.45, 2.75) is 45.7 Å². The predicted molar refractivity (Wildman–Crippen MR) is 109 cm³/mol. The molecule has 3 atom stereocenters. The molecule has 0 saturated heterocycles. The Morgan fingerprint density at radius 1 is 1.19 bits per heavy atom. The number of para-hydroxylation sites is 1. The lowest BCUT2D eigenvalue weighted by atomic mass is 9.78. The van der Waals surface area contributed by atoms with Gasteiger partial charge in [0, 0.05) is 16.9 Å². The van der Waals surface area contributed by atoms with Gasteiger partial charge in [-0.1, -0.05) is 51.0 Å². The van der Waals surface area contributed by atoms with Gasteiger partial charge in [0.15, 0.2) is 0 Å². The van der Waals surface area contributed by atoms with Crippen molar-refractivity contribution in [1.29, 1.82) is 0 Å². The molecule has 1 saturated carbocycles. The molecule has 0 unspecified atom stereocenters. The van der Waals surface area contributed by atoms with Gasteiger partial charge in [-0.15, -0.1) is 11.3 Å². The lowest BCUT2D eigenvalue weighted by Gasteiger charge is -2.34. The molecule has 1 aliphatic carbocycles. The normalized spacial score (nSPS) is 23.2. The molecule has 1 aliphatic rings. The van der Waals surface area contributed by atoms with Crippen LogP contribution in [-0.4, -0.2) is 16.5 Å². The van der Waals surface area contributed by atoms with E-state index in [-0.39, 0.29) is 5.91 Å². The number of benzene rings is 1. The first-order chi connectivity index (χ1) is 12.6. The third-order valence-electron chi connectivity index (χ3n) is 5.94. The summed E-state index contributed by atoms with van der Waals surface area (Å²) >= 11 is 1.72. The maximum atomic E-state index is 12.9. The standard InChI is InChI=1S/C22H26N2OS/c1-15-7-5-9-18(16(15)2)23-22(25)14-24-19-10-4-3-8-17(19)13-20(24)21-11-6-12-26-21/h3-4,6,8,10-13,15-16,18H,5,7,9,14H2,1-2H3,(H,23,25)/t15-,16+,18-/m1/s1. The summed E-state index contributed by atoms with van der Waals surface area (Å²) in [6, 6.07) is 15.0. The molecule has 1 aromatic carbocycles. The van der Waals surface area contributed by atoms with Gasteiger partial charge in [-0.3, -0.25) is 4.79 Å². The van der Waals surface area contributed by atoms with Crippen LogP contribution >= 0.6 is 11.3 Å². The molecule has 26 heavy (non-hydrogen) atoms. The molecule has 2 heterocycles. The van der Waals surface area contributed by atoms with Crippen LogP contribution in [0.25, 0.3) is 21.5 Å². The number of aromatic nitrogens is 1. The van der Waals surface area contributed by atoms with Gasteiger partial charge < -0.3 is 9.88 Å². The van der Waals surface area contributed by atoms with Gasteiger partial charge in [-0.2, -0.15) is 0 Å². The second kappa shape index (κ2) is 7.28. The molecule has 3 aromatic rings. The third kappa shape index (κ3) is 3.30. The van der Waals surface area contributed by atoms with Crippen molar-refractivity contribution in [3.8, 4) is 10.6 Å². The first-order valence-corrected chi connectivity index (χ1v) is 10.4. The second-order valence-corrected chi connectivity index (χ2v) is 8.54. The minimum atomic E-state index is 0.120. The summed E-state index contributed by atoms with van der Waals surface area (Å²) < 4.78 is 2.16. The maximum Gasteiger partial charge on any atom is 0.240 e. The van der Waals surface area contributed by atoms with Crippen LogP contribution in [0.1, 0.15) is 33.1 Å². The Morgan fingerprint density at radius 2 is 2.04 bits per heavy atom.